The summed E-state index contributed by atoms with van der Waals surface area (Å²) >= 11 is 0. The molecule has 0 spiro atoms. The molecule has 1 saturated heterocycles. The minimum atomic E-state index is 0.162. The highest BCUT2D eigenvalue weighted by molar-refractivity contribution is 5.94. The van der Waals surface area contributed by atoms with E-state index >= 15 is 0 Å². The first kappa shape index (κ1) is 13.8. The number of carbonyl (C=O) groups is 1. The molecule has 1 aliphatic rings. The van der Waals surface area contributed by atoms with Crippen molar-refractivity contribution in [1.29, 1.82) is 0 Å². The summed E-state index contributed by atoms with van der Waals surface area (Å²) in [4.78, 5) is 14.5. The van der Waals surface area contributed by atoms with Gasteiger partial charge in [0, 0.05) is 31.2 Å². The molecule has 2 rings (SSSR count). The van der Waals surface area contributed by atoms with Gasteiger partial charge in [0.25, 0.3) is 0 Å². The average molecular weight is 258 g/mol. The highest BCUT2D eigenvalue weighted by Crippen LogP contribution is 2.16. The molecule has 0 saturated carbocycles. The second-order valence-corrected chi connectivity index (χ2v) is 5.34. The molecular formula is C16H22N2O. The van der Waals surface area contributed by atoms with Crippen LogP contribution < -0.4 is 5.32 Å². The highest BCUT2D eigenvalue weighted by Gasteiger charge is 2.23. The summed E-state index contributed by atoms with van der Waals surface area (Å²) in [5.41, 5.74) is 3.32. The summed E-state index contributed by atoms with van der Waals surface area (Å²) in [6.45, 7) is 8.47. The lowest BCUT2D eigenvalue weighted by molar-refractivity contribution is -0.129. The van der Waals surface area contributed by atoms with Crippen LogP contribution in [0.5, 0.6) is 0 Å². The minimum absolute atomic E-state index is 0.162. The van der Waals surface area contributed by atoms with Gasteiger partial charge < -0.3 is 10.2 Å². The fourth-order valence-corrected chi connectivity index (χ4v) is 2.15. The fraction of sp³-hybridized carbons (Fsp3) is 0.438. The lowest BCUT2D eigenvalue weighted by Crippen LogP contribution is -2.41. The summed E-state index contributed by atoms with van der Waals surface area (Å²) in [5.74, 6) is 0.162. The fourth-order valence-electron chi connectivity index (χ4n) is 2.15. The lowest BCUT2D eigenvalue weighted by Gasteiger charge is -2.30. The molecule has 1 aromatic carbocycles. The van der Waals surface area contributed by atoms with Gasteiger partial charge in [-0.05, 0) is 31.9 Å². The maximum atomic E-state index is 12.6. The molecule has 1 N–H and O–H groups in total. The lowest BCUT2D eigenvalue weighted by atomic mass is 10.0. The van der Waals surface area contributed by atoms with E-state index in [-0.39, 0.29) is 11.9 Å². The van der Waals surface area contributed by atoms with E-state index in [2.05, 4.69) is 31.3 Å². The molecule has 0 aliphatic carbocycles. The van der Waals surface area contributed by atoms with E-state index in [9.17, 15) is 4.79 Å². The van der Waals surface area contributed by atoms with Crippen LogP contribution in [0.4, 0.5) is 0 Å². The smallest absolute Gasteiger partial charge is 0.250 e. The predicted molar refractivity (Wildman–Crippen MR) is 77.7 cm³/mol. The Morgan fingerprint density at radius 2 is 1.89 bits per heavy atom. The number of nitrogens with zero attached hydrogens (tertiary/aromatic N) is 1. The van der Waals surface area contributed by atoms with Crippen molar-refractivity contribution in [2.75, 3.05) is 13.1 Å². The SMILES string of the molecule is CC(C(=O)N(Cc1ccccc1)C(C)C)=C1CNC1. The number of hydrogen-bond acceptors (Lipinski definition) is 2. The van der Waals surface area contributed by atoms with Crippen LogP contribution in [-0.4, -0.2) is 29.9 Å². The Morgan fingerprint density at radius 3 is 2.37 bits per heavy atom. The van der Waals surface area contributed by atoms with E-state index in [1.54, 1.807) is 0 Å². The van der Waals surface area contributed by atoms with Gasteiger partial charge in [0.05, 0.1) is 0 Å². The number of nitrogens with one attached hydrogen (secondary N) is 1. The Balaban J connectivity index is 2.14. The molecular weight excluding hydrogens is 236 g/mol. The van der Waals surface area contributed by atoms with Crippen molar-refractivity contribution in [2.45, 2.75) is 33.4 Å². The van der Waals surface area contributed by atoms with E-state index in [0.29, 0.717) is 6.54 Å². The van der Waals surface area contributed by atoms with Crippen molar-refractivity contribution < 1.29 is 4.79 Å². The quantitative estimate of drug-likeness (QED) is 0.841. The maximum absolute atomic E-state index is 12.6. The third-order valence-corrected chi connectivity index (χ3v) is 3.61. The first-order valence-electron chi connectivity index (χ1n) is 6.84. The van der Waals surface area contributed by atoms with Gasteiger partial charge in [-0.3, -0.25) is 4.79 Å². The van der Waals surface area contributed by atoms with Crippen molar-refractivity contribution in [1.82, 2.24) is 10.2 Å². The van der Waals surface area contributed by atoms with Crippen molar-refractivity contribution in [3.05, 3.63) is 47.0 Å². The normalized spacial score (nSPS) is 14.2. The van der Waals surface area contributed by atoms with E-state index in [4.69, 9.17) is 0 Å². The molecule has 0 atom stereocenters. The highest BCUT2D eigenvalue weighted by atomic mass is 16.2. The van der Waals surface area contributed by atoms with E-state index in [1.165, 1.54) is 11.1 Å². The van der Waals surface area contributed by atoms with Crippen LogP contribution in [0.1, 0.15) is 26.3 Å². The zero-order valence-electron chi connectivity index (χ0n) is 11.9. The Hall–Kier alpha value is -1.61. The van der Waals surface area contributed by atoms with Crippen LogP contribution in [0.15, 0.2) is 41.5 Å². The topological polar surface area (TPSA) is 32.3 Å². The van der Waals surface area contributed by atoms with E-state index in [0.717, 1.165) is 18.7 Å². The van der Waals surface area contributed by atoms with Crippen LogP contribution in [-0.2, 0) is 11.3 Å². The number of carbonyl (C=O) groups excluding carboxylic acids is 1. The molecule has 1 amide bonds. The van der Waals surface area contributed by atoms with E-state index < -0.39 is 0 Å². The molecule has 1 fully saturated rings. The first-order valence-corrected chi connectivity index (χ1v) is 6.84. The number of hydrogen-bond donors (Lipinski definition) is 1. The Labute approximate surface area is 115 Å². The second kappa shape index (κ2) is 6.02. The molecule has 1 heterocycles. The van der Waals surface area contributed by atoms with Crippen molar-refractivity contribution >= 4 is 5.91 Å². The van der Waals surface area contributed by atoms with Gasteiger partial charge in [-0.2, -0.15) is 0 Å². The van der Waals surface area contributed by atoms with Crippen LogP contribution in [0.25, 0.3) is 0 Å². The molecule has 3 nitrogen and oxygen atoms in total. The number of amides is 1. The van der Waals surface area contributed by atoms with Crippen LogP contribution in [0.3, 0.4) is 0 Å². The second-order valence-electron chi connectivity index (χ2n) is 5.34. The zero-order chi connectivity index (χ0) is 13.8. The average Bonchev–Trinajstić information content (AvgIpc) is 2.34. The van der Waals surface area contributed by atoms with Crippen molar-refractivity contribution in [2.24, 2.45) is 0 Å². The van der Waals surface area contributed by atoms with Gasteiger partial charge in [-0.25, -0.2) is 0 Å². The molecule has 3 heteroatoms. The maximum Gasteiger partial charge on any atom is 0.250 e. The standard InChI is InChI=1S/C16H22N2O/c1-12(2)18(11-14-7-5-4-6-8-14)16(19)13(3)15-9-17-10-15/h4-8,12,17H,9-11H2,1-3H3. The van der Waals surface area contributed by atoms with Crippen LogP contribution in [0.2, 0.25) is 0 Å². The first-order chi connectivity index (χ1) is 9.09. The predicted octanol–water partition coefficient (Wildman–Crippen LogP) is 2.34. The molecule has 102 valence electrons. The van der Waals surface area contributed by atoms with Gasteiger partial charge >= 0.3 is 0 Å². The van der Waals surface area contributed by atoms with Crippen molar-refractivity contribution in [3.8, 4) is 0 Å². The van der Waals surface area contributed by atoms with Gasteiger partial charge in [0.2, 0.25) is 5.91 Å². The van der Waals surface area contributed by atoms with Crippen LogP contribution in [0, 0.1) is 0 Å². The molecule has 0 unspecified atom stereocenters. The summed E-state index contributed by atoms with van der Waals surface area (Å²) in [5, 5.41) is 3.19. The largest absolute Gasteiger partial charge is 0.332 e. The zero-order valence-corrected chi connectivity index (χ0v) is 11.9. The molecule has 19 heavy (non-hydrogen) atoms. The molecule has 0 aromatic heterocycles. The number of rotatable bonds is 4. The Kier molecular flexibility index (Phi) is 4.38. The van der Waals surface area contributed by atoms with Crippen LogP contribution >= 0.6 is 0 Å². The van der Waals surface area contributed by atoms with E-state index in [1.807, 2.05) is 30.0 Å². The summed E-state index contributed by atoms with van der Waals surface area (Å²) < 4.78 is 0. The number of benzene rings is 1. The summed E-state index contributed by atoms with van der Waals surface area (Å²) in [6, 6.07) is 10.4. The molecule has 1 aliphatic heterocycles. The van der Waals surface area contributed by atoms with Gasteiger partial charge in [0.1, 0.15) is 0 Å². The summed E-state index contributed by atoms with van der Waals surface area (Å²) in [7, 11) is 0. The molecule has 0 radical (unpaired) electrons. The third kappa shape index (κ3) is 3.24. The molecule has 1 aromatic rings. The monoisotopic (exact) mass is 258 g/mol. The Morgan fingerprint density at radius 1 is 1.26 bits per heavy atom. The minimum Gasteiger partial charge on any atom is -0.332 e. The summed E-state index contributed by atoms with van der Waals surface area (Å²) in [6.07, 6.45) is 0. The van der Waals surface area contributed by atoms with Gasteiger partial charge in [0.15, 0.2) is 0 Å². The molecule has 0 bridgehead atoms. The van der Waals surface area contributed by atoms with Gasteiger partial charge in [-0.15, -0.1) is 0 Å². The van der Waals surface area contributed by atoms with Crippen molar-refractivity contribution in [3.63, 3.8) is 0 Å². The Bertz CT molecular complexity index is 471. The van der Waals surface area contributed by atoms with Gasteiger partial charge in [-0.1, -0.05) is 30.3 Å². The third-order valence-electron chi connectivity index (χ3n) is 3.61.